The Labute approximate surface area is 152 Å². The summed E-state index contributed by atoms with van der Waals surface area (Å²) in [7, 11) is 0. The first kappa shape index (κ1) is 16.8. The molecule has 0 radical (unpaired) electrons. The summed E-state index contributed by atoms with van der Waals surface area (Å²) in [6.07, 6.45) is 4.32. The quantitative estimate of drug-likeness (QED) is 0.702. The van der Waals surface area contributed by atoms with Gasteiger partial charge >= 0.3 is 0 Å². The molecular weight excluding hydrogens is 330 g/mol. The van der Waals surface area contributed by atoms with Crippen LogP contribution in [0.3, 0.4) is 0 Å². The summed E-state index contributed by atoms with van der Waals surface area (Å²) in [4.78, 5) is 6.67. The lowest BCUT2D eigenvalue weighted by Crippen LogP contribution is -2.34. The molecule has 0 fully saturated rings. The molecule has 0 bridgehead atoms. The van der Waals surface area contributed by atoms with E-state index in [0.29, 0.717) is 12.6 Å². The maximum atomic E-state index is 5.84. The summed E-state index contributed by atoms with van der Waals surface area (Å²) in [6.45, 7) is 7.15. The van der Waals surface area contributed by atoms with Gasteiger partial charge in [-0.3, -0.25) is 9.88 Å². The molecule has 26 heavy (non-hydrogen) atoms. The average molecular weight is 353 g/mol. The molecule has 1 atom stereocenters. The molecule has 3 aromatic heterocycles. The number of hydrogen-bond donors (Lipinski definition) is 0. The van der Waals surface area contributed by atoms with Crippen molar-refractivity contribution in [3.63, 3.8) is 0 Å². The van der Waals surface area contributed by atoms with Gasteiger partial charge < -0.3 is 13.7 Å². The molecule has 0 aliphatic carbocycles. The first-order chi connectivity index (χ1) is 12.7. The first-order valence-corrected chi connectivity index (χ1v) is 8.92. The molecule has 0 aromatic carbocycles. The van der Waals surface area contributed by atoms with Crippen LogP contribution in [0.4, 0.5) is 0 Å². The van der Waals surface area contributed by atoms with Crippen molar-refractivity contribution >= 4 is 0 Å². The second kappa shape index (κ2) is 7.29. The van der Waals surface area contributed by atoms with Crippen LogP contribution >= 0.6 is 0 Å². The Kier molecular flexibility index (Phi) is 4.71. The minimum Gasteiger partial charge on any atom is -0.484 e. The molecule has 1 aliphatic rings. The molecule has 1 aliphatic heterocycles. The van der Waals surface area contributed by atoms with Gasteiger partial charge in [-0.25, -0.2) is 0 Å². The van der Waals surface area contributed by atoms with E-state index in [0.717, 1.165) is 54.9 Å². The normalized spacial score (nSPS) is 17.7. The SMILES string of the molecule is Cc1ccc(OCc2nnc3n2CCN(Cc2ccco2)C(C)C3)cn1. The maximum Gasteiger partial charge on any atom is 0.171 e. The Bertz CT molecular complexity index is 841. The summed E-state index contributed by atoms with van der Waals surface area (Å²) in [5.74, 6) is 3.60. The van der Waals surface area contributed by atoms with Crippen LogP contribution in [0.2, 0.25) is 0 Å². The topological polar surface area (TPSA) is 69.2 Å². The number of furan rings is 1. The first-order valence-electron chi connectivity index (χ1n) is 8.92. The van der Waals surface area contributed by atoms with Gasteiger partial charge in [0.15, 0.2) is 5.82 Å². The molecule has 136 valence electrons. The zero-order valence-electron chi connectivity index (χ0n) is 15.1. The zero-order chi connectivity index (χ0) is 17.9. The molecule has 7 heteroatoms. The highest BCUT2D eigenvalue weighted by atomic mass is 16.5. The third-order valence-electron chi connectivity index (χ3n) is 4.81. The van der Waals surface area contributed by atoms with E-state index in [1.165, 1.54) is 0 Å². The van der Waals surface area contributed by atoms with E-state index in [4.69, 9.17) is 9.15 Å². The maximum absolute atomic E-state index is 5.84. The van der Waals surface area contributed by atoms with E-state index >= 15 is 0 Å². The van der Waals surface area contributed by atoms with Crippen molar-refractivity contribution in [2.24, 2.45) is 0 Å². The molecule has 7 nitrogen and oxygen atoms in total. The van der Waals surface area contributed by atoms with E-state index in [-0.39, 0.29) is 0 Å². The number of ether oxygens (including phenoxy) is 1. The number of hydrogen-bond acceptors (Lipinski definition) is 6. The molecular formula is C19H23N5O2. The second-order valence-electron chi connectivity index (χ2n) is 6.71. The number of pyridine rings is 1. The van der Waals surface area contributed by atoms with Crippen LogP contribution in [0.1, 0.15) is 30.0 Å². The fourth-order valence-corrected chi connectivity index (χ4v) is 3.26. The van der Waals surface area contributed by atoms with Gasteiger partial charge in [-0.15, -0.1) is 10.2 Å². The van der Waals surface area contributed by atoms with E-state index in [1.54, 1.807) is 12.5 Å². The summed E-state index contributed by atoms with van der Waals surface area (Å²) in [6, 6.07) is 8.19. The smallest absolute Gasteiger partial charge is 0.171 e. The van der Waals surface area contributed by atoms with Gasteiger partial charge in [-0.1, -0.05) is 0 Å². The monoisotopic (exact) mass is 353 g/mol. The van der Waals surface area contributed by atoms with Crippen LogP contribution in [0.25, 0.3) is 0 Å². The van der Waals surface area contributed by atoms with Gasteiger partial charge in [0.1, 0.15) is 23.9 Å². The summed E-state index contributed by atoms with van der Waals surface area (Å²) >= 11 is 0. The van der Waals surface area contributed by atoms with Gasteiger partial charge in [0.05, 0.1) is 19.0 Å². The Morgan fingerprint density at radius 2 is 2.15 bits per heavy atom. The highest BCUT2D eigenvalue weighted by Gasteiger charge is 2.24. The predicted octanol–water partition coefficient (Wildman–Crippen LogP) is 2.60. The van der Waals surface area contributed by atoms with Gasteiger partial charge in [-0.05, 0) is 38.1 Å². The Morgan fingerprint density at radius 3 is 2.92 bits per heavy atom. The van der Waals surface area contributed by atoms with Gasteiger partial charge in [0.2, 0.25) is 0 Å². The van der Waals surface area contributed by atoms with Crippen molar-refractivity contribution in [1.82, 2.24) is 24.6 Å². The minimum atomic E-state index is 0.376. The summed E-state index contributed by atoms with van der Waals surface area (Å²) in [5.41, 5.74) is 0.972. The standard InChI is InChI=1S/C19H23N5O2/c1-14-5-6-16(11-20-14)26-13-19-22-21-18-10-15(2)23(7-8-24(18)19)12-17-4-3-9-25-17/h3-6,9,11,15H,7-8,10,12-13H2,1-2H3. The van der Waals surface area contributed by atoms with Crippen LogP contribution in [-0.4, -0.2) is 37.2 Å². The zero-order valence-corrected chi connectivity index (χ0v) is 15.1. The number of aromatic nitrogens is 4. The third kappa shape index (κ3) is 3.62. The molecule has 0 saturated heterocycles. The molecule has 1 unspecified atom stereocenters. The van der Waals surface area contributed by atoms with Crippen molar-refractivity contribution < 1.29 is 9.15 Å². The van der Waals surface area contributed by atoms with Crippen LogP contribution in [-0.2, 0) is 26.1 Å². The van der Waals surface area contributed by atoms with Crippen LogP contribution in [0.15, 0.2) is 41.1 Å². The lowest BCUT2D eigenvalue weighted by Gasteiger charge is -2.25. The summed E-state index contributed by atoms with van der Waals surface area (Å²) < 4.78 is 13.5. The van der Waals surface area contributed by atoms with E-state index in [9.17, 15) is 0 Å². The van der Waals surface area contributed by atoms with E-state index in [2.05, 4.69) is 31.6 Å². The summed E-state index contributed by atoms with van der Waals surface area (Å²) in [5, 5.41) is 8.73. The number of rotatable bonds is 5. The van der Waals surface area contributed by atoms with Gasteiger partial charge in [-0.2, -0.15) is 0 Å². The minimum absolute atomic E-state index is 0.376. The fourth-order valence-electron chi connectivity index (χ4n) is 3.26. The third-order valence-corrected chi connectivity index (χ3v) is 4.81. The highest BCUT2D eigenvalue weighted by Crippen LogP contribution is 2.18. The second-order valence-corrected chi connectivity index (χ2v) is 6.71. The van der Waals surface area contributed by atoms with Crippen molar-refractivity contribution in [1.29, 1.82) is 0 Å². The number of nitrogens with zero attached hydrogens (tertiary/aromatic N) is 5. The Balaban J connectivity index is 1.43. The lowest BCUT2D eigenvalue weighted by molar-refractivity contribution is 0.186. The van der Waals surface area contributed by atoms with E-state index in [1.807, 2.05) is 31.2 Å². The molecule has 0 saturated carbocycles. The van der Waals surface area contributed by atoms with Crippen LogP contribution < -0.4 is 4.74 Å². The lowest BCUT2D eigenvalue weighted by atomic mass is 10.2. The Hall–Kier alpha value is -2.67. The number of fused-ring (bicyclic) bond motifs is 1. The van der Waals surface area contributed by atoms with Crippen LogP contribution in [0.5, 0.6) is 5.75 Å². The molecule has 0 spiro atoms. The van der Waals surface area contributed by atoms with Crippen molar-refractivity contribution in [2.45, 2.75) is 46.0 Å². The van der Waals surface area contributed by atoms with Crippen molar-refractivity contribution in [2.75, 3.05) is 6.54 Å². The number of aryl methyl sites for hydroxylation is 1. The Morgan fingerprint density at radius 1 is 1.23 bits per heavy atom. The van der Waals surface area contributed by atoms with E-state index < -0.39 is 0 Å². The van der Waals surface area contributed by atoms with Gasteiger partial charge in [0, 0.05) is 31.2 Å². The van der Waals surface area contributed by atoms with Crippen molar-refractivity contribution in [3.8, 4) is 5.75 Å². The average Bonchev–Trinajstić information content (AvgIpc) is 3.25. The van der Waals surface area contributed by atoms with Gasteiger partial charge in [0.25, 0.3) is 0 Å². The van der Waals surface area contributed by atoms with Crippen LogP contribution in [0, 0.1) is 6.92 Å². The predicted molar refractivity (Wildman–Crippen MR) is 95.6 cm³/mol. The largest absolute Gasteiger partial charge is 0.484 e. The fraction of sp³-hybridized carbons (Fsp3) is 0.421. The van der Waals surface area contributed by atoms with Crippen molar-refractivity contribution in [3.05, 3.63) is 59.8 Å². The molecule has 0 amide bonds. The highest BCUT2D eigenvalue weighted by molar-refractivity contribution is 5.19. The molecule has 0 N–H and O–H groups in total. The molecule has 3 aromatic rings. The molecule has 4 heterocycles. The molecule has 4 rings (SSSR count).